The molecule has 3 N–H and O–H groups in total. The Hall–Kier alpha value is -3.40. The van der Waals surface area contributed by atoms with Crippen molar-refractivity contribution in [3.63, 3.8) is 0 Å². The number of amides is 2. The molecule has 2 amide bonds. The van der Waals surface area contributed by atoms with Crippen molar-refractivity contribution in [2.45, 2.75) is 31.9 Å². The Labute approximate surface area is 215 Å². The van der Waals surface area contributed by atoms with Gasteiger partial charge in [-0.1, -0.05) is 0 Å². The Morgan fingerprint density at radius 2 is 1.83 bits per heavy atom. The fraction of sp³-hybridized carbons (Fsp3) is 0.346. The summed E-state index contributed by atoms with van der Waals surface area (Å²) >= 11 is 5.67. The van der Waals surface area contributed by atoms with Gasteiger partial charge < -0.3 is 20.1 Å². The van der Waals surface area contributed by atoms with Crippen LogP contribution in [0.15, 0.2) is 48.5 Å². The standard InChI is InChI=1S/C26H30ClN5O4/c1-28-25(34)23-21-14-16-31(18-8-6-17(7-9-18)29-22(33)5-3-4-15-27)26(35)24(21)32(30-23)19-10-12-20(36-2)13-11-19/h6-13,25,28,34H,3-5,14-16H2,1-2H3,(H,29,33). The molecule has 0 saturated carbocycles. The van der Waals surface area contributed by atoms with E-state index in [2.05, 4.69) is 15.7 Å². The number of aliphatic hydroxyl groups excluding tert-OH is 1. The second-order valence-corrected chi connectivity index (χ2v) is 8.84. The molecule has 0 radical (unpaired) electrons. The second-order valence-electron chi connectivity index (χ2n) is 8.46. The van der Waals surface area contributed by atoms with E-state index in [0.29, 0.717) is 59.5 Å². The Kier molecular flexibility index (Phi) is 8.25. The number of hydrogen-bond acceptors (Lipinski definition) is 6. The van der Waals surface area contributed by atoms with Crippen molar-refractivity contribution < 1.29 is 19.4 Å². The minimum absolute atomic E-state index is 0.0643. The molecule has 190 valence electrons. The number of carbonyl (C=O) groups excluding carboxylic acids is 2. The number of anilines is 2. The summed E-state index contributed by atoms with van der Waals surface area (Å²) in [6.07, 6.45) is 1.49. The molecule has 0 aliphatic carbocycles. The van der Waals surface area contributed by atoms with Gasteiger partial charge in [0, 0.05) is 35.8 Å². The summed E-state index contributed by atoms with van der Waals surface area (Å²) in [4.78, 5) is 27.5. The van der Waals surface area contributed by atoms with Gasteiger partial charge in [-0.25, -0.2) is 4.68 Å². The van der Waals surface area contributed by atoms with Gasteiger partial charge in [0.25, 0.3) is 5.91 Å². The zero-order valence-electron chi connectivity index (χ0n) is 20.3. The number of halogens is 1. The predicted octanol–water partition coefficient (Wildman–Crippen LogP) is 3.64. The van der Waals surface area contributed by atoms with Crippen LogP contribution in [-0.4, -0.2) is 53.3 Å². The summed E-state index contributed by atoms with van der Waals surface area (Å²) < 4.78 is 6.82. The SMILES string of the molecule is CNC(O)c1nn(-c2ccc(OC)cc2)c2c1CCN(c1ccc(NC(=O)CCCCCl)cc1)C2=O. The lowest BCUT2D eigenvalue weighted by Crippen LogP contribution is -2.39. The normalized spacial score (nSPS) is 13.9. The highest BCUT2D eigenvalue weighted by Crippen LogP contribution is 2.31. The molecule has 0 saturated heterocycles. The lowest BCUT2D eigenvalue weighted by Gasteiger charge is -2.28. The number of aromatic nitrogens is 2. The number of rotatable bonds is 10. The molecule has 1 atom stereocenters. The van der Waals surface area contributed by atoms with E-state index in [1.54, 1.807) is 48.0 Å². The largest absolute Gasteiger partial charge is 0.497 e. The van der Waals surface area contributed by atoms with Crippen LogP contribution in [0.3, 0.4) is 0 Å². The maximum Gasteiger partial charge on any atom is 0.277 e. The molecule has 1 aliphatic heterocycles. The number of hydrogen-bond donors (Lipinski definition) is 3. The van der Waals surface area contributed by atoms with Gasteiger partial charge in [-0.05, 0) is 74.8 Å². The molecule has 1 aromatic heterocycles. The summed E-state index contributed by atoms with van der Waals surface area (Å²) in [5.41, 5.74) is 3.63. The van der Waals surface area contributed by atoms with Crippen molar-refractivity contribution in [2.24, 2.45) is 0 Å². The molecule has 9 nitrogen and oxygen atoms in total. The van der Waals surface area contributed by atoms with Crippen molar-refractivity contribution in [2.75, 3.05) is 36.8 Å². The first-order valence-corrected chi connectivity index (χ1v) is 12.4. The maximum atomic E-state index is 13.7. The van der Waals surface area contributed by atoms with Crippen molar-refractivity contribution in [3.8, 4) is 11.4 Å². The van der Waals surface area contributed by atoms with Crippen LogP contribution in [0.5, 0.6) is 5.75 Å². The van der Waals surface area contributed by atoms with Gasteiger partial charge in [0.15, 0.2) is 0 Å². The molecule has 0 spiro atoms. The van der Waals surface area contributed by atoms with E-state index in [1.807, 2.05) is 24.3 Å². The number of aliphatic hydroxyl groups is 1. The molecule has 10 heteroatoms. The highest BCUT2D eigenvalue weighted by atomic mass is 35.5. The van der Waals surface area contributed by atoms with Crippen molar-refractivity contribution in [3.05, 3.63) is 65.5 Å². The van der Waals surface area contributed by atoms with Crippen LogP contribution >= 0.6 is 11.6 Å². The second kappa shape index (κ2) is 11.6. The molecular formula is C26H30ClN5O4. The van der Waals surface area contributed by atoms with Gasteiger partial charge in [0.05, 0.1) is 12.8 Å². The van der Waals surface area contributed by atoms with Gasteiger partial charge in [-0.2, -0.15) is 5.10 Å². The van der Waals surface area contributed by atoms with Crippen LogP contribution in [-0.2, 0) is 11.2 Å². The third-order valence-electron chi connectivity index (χ3n) is 6.15. The predicted molar refractivity (Wildman–Crippen MR) is 139 cm³/mol. The minimum Gasteiger partial charge on any atom is -0.497 e. The number of fused-ring (bicyclic) bond motifs is 1. The molecular weight excluding hydrogens is 482 g/mol. The Balaban J connectivity index is 1.60. The first-order valence-electron chi connectivity index (χ1n) is 11.9. The Morgan fingerprint density at radius 3 is 2.47 bits per heavy atom. The van der Waals surface area contributed by atoms with Crippen LogP contribution < -0.4 is 20.3 Å². The monoisotopic (exact) mass is 511 g/mol. The zero-order valence-corrected chi connectivity index (χ0v) is 21.1. The van der Waals surface area contributed by atoms with Crippen LogP contribution in [0.2, 0.25) is 0 Å². The molecule has 0 fully saturated rings. The van der Waals surface area contributed by atoms with E-state index in [9.17, 15) is 14.7 Å². The Bertz CT molecular complexity index is 1210. The lowest BCUT2D eigenvalue weighted by atomic mass is 10.0. The molecule has 4 rings (SSSR count). The average Bonchev–Trinajstić information content (AvgIpc) is 3.30. The van der Waals surface area contributed by atoms with Gasteiger partial charge in [0.2, 0.25) is 5.91 Å². The first kappa shape index (κ1) is 25.7. The number of ether oxygens (including phenoxy) is 1. The highest BCUT2D eigenvalue weighted by Gasteiger charge is 2.34. The smallest absolute Gasteiger partial charge is 0.277 e. The number of benzene rings is 2. The summed E-state index contributed by atoms with van der Waals surface area (Å²) in [7, 11) is 3.23. The summed E-state index contributed by atoms with van der Waals surface area (Å²) in [6, 6.07) is 14.4. The summed E-state index contributed by atoms with van der Waals surface area (Å²) in [6.45, 7) is 0.438. The number of methoxy groups -OCH3 is 1. The summed E-state index contributed by atoms with van der Waals surface area (Å²) in [5.74, 6) is 0.951. The molecule has 2 heterocycles. The zero-order chi connectivity index (χ0) is 25.7. The van der Waals surface area contributed by atoms with E-state index in [4.69, 9.17) is 16.3 Å². The van der Waals surface area contributed by atoms with Gasteiger partial charge in [-0.3, -0.25) is 14.9 Å². The van der Waals surface area contributed by atoms with Gasteiger partial charge in [-0.15, -0.1) is 11.6 Å². The quantitative estimate of drug-likeness (QED) is 0.218. The van der Waals surface area contributed by atoms with Crippen molar-refractivity contribution in [1.29, 1.82) is 0 Å². The van der Waals surface area contributed by atoms with Gasteiger partial charge in [0.1, 0.15) is 23.4 Å². The van der Waals surface area contributed by atoms with Crippen molar-refractivity contribution in [1.82, 2.24) is 15.1 Å². The number of unbranched alkanes of at least 4 members (excludes halogenated alkanes) is 1. The number of alkyl halides is 1. The van der Waals surface area contributed by atoms with E-state index < -0.39 is 6.23 Å². The van der Waals surface area contributed by atoms with E-state index in [1.165, 1.54) is 0 Å². The minimum atomic E-state index is -0.995. The fourth-order valence-corrected chi connectivity index (χ4v) is 4.42. The van der Waals surface area contributed by atoms with Crippen LogP contribution in [0.1, 0.15) is 47.2 Å². The number of nitrogens with zero attached hydrogens (tertiary/aromatic N) is 3. The third kappa shape index (κ3) is 5.38. The van der Waals surface area contributed by atoms with E-state index >= 15 is 0 Å². The lowest BCUT2D eigenvalue weighted by molar-refractivity contribution is -0.116. The third-order valence-corrected chi connectivity index (χ3v) is 6.41. The maximum absolute atomic E-state index is 13.7. The molecule has 3 aromatic rings. The molecule has 1 aliphatic rings. The molecule has 2 aromatic carbocycles. The average molecular weight is 512 g/mol. The Morgan fingerprint density at radius 1 is 1.14 bits per heavy atom. The van der Waals surface area contributed by atoms with Crippen LogP contribution in [0.25, 0.3) is 5.69 Å². The molecule has 36 heavy (non-hydrogen) atoms. The number of nitrogens with one attached hydrogen (secondary N) is 2. The van der Waals surface area contributed by atoms with Gasteiger partial charge >= 0.3 is 0 Å². The molecule has 1 unspecified atom stereocenters. The van der Waals surface area contributed by atoms with Crippen LogP contribution in [0, 0.1) is 0 Å². The number of carbonyl (C=O) groups is 2. The van der Waals surface area contributed by atoms with Crippen LogP contribution in [0.4, 0.5) is 11.4 Å². The topological polar surface area (TPSA) is 109 Å². The molecule has 0 bridgehead atoms. The van der Waals surface area contributed by atoms with E-state index in [0.717, 1.165) is 18.4 Å². The fourth-order valence-electron chi connectivity index (χ4n) is 4.23. The van der Waals surface area contributed by atoms with E-state index in [-0.39, 0.29) is 11.8 Å². The summed E-state index contributed by atoms with van der Waals surface area (Å²) in [5, 5.41) is 20.8. The highest BCUT2D eigenvalue weighted by molar-refractivity contribution is 6.17. The van der Waals surface area contributed by atoms with Crippen molar-refractivity contribution >= 4 is 34.8 Å². The first-order chi connectivity index (χ1) is 17.5.